The molecule has 0 fully saturated rings. The number of benzene rings is 1. The molecule has 2 N–H and O–H groups in total. The van der Waals surface area contributed by atoms with Gasteiger partial charge >= 0.3 is 5.97 Å². The number of carbonyl (C=O) groups is 2. The summed E-state index contributed by atoms with van der Waals surface area (Å²) in [6.45, 7) is 1.81. The maximum absolute atomic E-state index is 12.0. The first kappa shape index (κ1) is 13.7. The van der Waals surface area contributed by atoms with Crippen molar-refractivity contribution in [2.24, 2.45) is 0 Å². The van der Waals surface area contributed by atoms with Gasteiger partial charge in [-0.25, -0.2) is 4.79 Å². The van der Waals surface area contributed by atoms with Crippen molar-refractivity contribution >= 4 is 11.9 Å². The van der Waals surface area contributed by atoms with E-state index in [0.717, 1.165) is 5.69 Å². The lowest BCUT2D eigenvalue weighted by atomic mass is 10.1. The summed E-state index contributed by atoms with van der Waals surface area (Å²) in [7, 11) is 0. The second-order valence-corrected chi connectivity index (χ2v) is 4.34. The SMILES string of the molecule is Cc1ccc(C(=O)NC(C(=O)O)c2ccccc2)cn1. The summed E-state index contributed by atoms with van der Waals surface area (Å²) in [5, 5.41) is 11.7. The van der Waals surface area contributed by atoms with Gasteiger partial charge in [0, 0.05) is 11.9 Å². The van der Waals surface area contributed by atoms with Crippen molar-refractivity contribution in [2.45, 2.75) is 13.0 Å². The fraction of sp³-hybridized carbons (Fsp3) is 0.133. The average Bonchev–Trinajstić information content (AvgIpc) is 2.46. The molecule has 1 aromatic carbocycles. The van der Waals surface area contributed by atoms with Crippen LogP contribution < -0.4 is 5.32 Å². The van der Waals surface area contributed by atoms with Crippen LogP contribution >= 0.6 is 0 Å². The quantitative estimate of drug-likeness (QED) is 0.890. The Morgan fingerprint density at radius 1 is 1.15 bits per heavy atom. The van der Waals surface area contributed by atoms with Crippen molar-refractivity contribution in [3.8, 4) is 0 Å². The third kappa shape index (κ3) is 3.20. The molecule has 0 aliphatic rings. The number of carbonyl (C=O) groups excluding carboxylic acids is 1. The van der Waals surface area contributed by atoms with Crippen LogP contribution in [0.3, 0.4) is 0 Å². The maximum Gasteiger partial charge on any atom is 0.330 e. The van der Waals surface area contributed by atoms with Crippen LogP contribution in [0.1, 0.15) is 27.7 Å². The molecule has 1 unspecified atom stereocenters. The summed E-state index contributed by atoms with van der Waals surface area (Å²) in [6, 6.07) is 10.8. The number of rotatable bonds is 4. The van der Waals surface area contributed by atoms with Gasteiger partial charge in [0.05, 0.1) is 5.56 Å². The number of hydrogen-bond acceptors (Lipinski definition) is 3. The predicted molar refractivity (Wildman–Crippen MR) is 73.3 cm³/mol. The molecule has 2 rings (SSSR count). The normalized spacial score (nSPS) is 11.7. The minimum atomic E-state index is -1.11. The van der Waals surface area contributed by atoms with Crippen molar-refractivity contribution < 1.29 is 14.7 Å². The summed E-state index contributed by atoms with van der Waals surface area (Å²) in [4.78, 5) is 27.3. The van der Waals surface area contributed by atoms with E-state index in [1.54, 1.807) is 42.5 Å². The van der Waals surface area contributed by atoms with Crippen LogP contribution in [0.15, 0.2) is 48.7 Å². The lowest BCUT2D eigenvalue weighted by Crippen LogP contribution is -2.33. The molecule has 5 heteroatoms. The van der Waals surface area contributed by atoms with Crippen LogP contribution in [0, 0.1) is 6.92 Å². The zero-order valence-electron chi connectivity index (χ0n) is 10.9. The Bertz CT molecular complexity index is 609. The highest BCUT2D eigenvalue weighted by molar-refractivity contribution is 5.96. The van der Waals surface area contributed by atoms with Crippen LogP contribution in [0.25, 0.3) is 0 Å². The second-order valence-electron chi connectivity index (χ2n) is 4.34. The molecule has 0 aliphatic carbocycles. The number of nitrogens with one attached hydrogen (secondary N) is 1. The molecular weight excluding hydrogens is 256 g/mol. The Morgan fingerprint density at radius 2 is 1.85 bits per heavy atom. The van der Waals surface area contributed by atoms with Crippen molar-refractivity contribution in [1.82, 2.24) is 10.3 Å². The maximum atomic E-state index is 12.0. The Hall–Kier alpha value is -2.69. The smallest absolute Gasteiger partial charge is 0.330 e. The fourth-order valence-corrected chi connectivity index (χ4v) is 1.75. The number of aryl methyl sites for hydroxylation is 1. The van der Waals surface area contributed by atoms with Gasteiger partial charge in [-0.15, -0.1) is 0 Å². The number of aliphatic carboxylic acids is 1. The number of aromatic nitrogens is 1. The molecule has 20 heavy (non-hydrogen) atoms. The fourth-order valence-electron chi connectivity index (χ4n) is 1.75. The largest absolute Gasteiger partial charge is 0.479 e. The molecule has 1 heterocycles. The van der Waals surface area contributed by atoms with E-state index in [2.05, 4.69) is 10.3 Å². The van der Waals surface area contributed by atoms with E-state index in [1.807, 2.05) is 6.92 Å². The van der Waals surface area contributed by atoms with Gasteiger partial charge in [-0.05, 0) is 24.6 Å². The molecular formula is C15H14N2O3. The van der Waals surface area contributed by atoms with E-state index in [0.29, 0.717) is 11.1 Å². The zero-order chi connectivity index (χ0) is 14.5. The molecule has 1 aromatic heterocycles. The Balaban J connectivity index is 2.19. The van der Waals surface area contributed by atoms with Gasteiger partial charge in [0.1, 0.15) is 0 Å². The Kier molecular flexibility index (Phi) is 4.10. The summed E-state index contributed by atoms with van der Waals surface area (Å²) >= 11 is 0. The van der Waals surface area contributed by atoms with E-state index >= 15 is 0 Å². The number of pyridine rings is 1. The Morgan fingerprint density at radius 3 is 2.40 bits per heavy atom. The minimum absolute atomic E-state index is 0.331. The molecule has 0 aliphatic heterocycles. The van der Waals surface area contributed by atoms with Gasteiger partial charge in [0.2, 0.25) is 0 Å². The molecule has 1 amide bonds. The monoisotopic (exact) mass is 270 g/mol. The van der Waals surface area contributed by atoms with Crippen molar-refractivity contribution in [3.05, 3.63) is 65.5 Å². The van der Waals surface area contributed by atoms with Gasteiger partial charge in [0.25, 0.3) is 5.91 Å². The van der Waals surface area contributed by atoms with E-state index in [-0.39, 0.29) is 0 Å². The predicted octanol–water partition coefficient (Wildman–Crippen LogP) is 1.95. The Labute approximate surface area is 116 Å². The first-order valence-corrected chi connectivity index (χ1v) is 6.09. The number of carboxylic acids is 1. The summed E-state index contributed by atoms with van der Waals surface area (Å²) in [5.41, 5.74) is 1.64. The summed E-state index contributed by atoms with van der Waals surface area (Å²) in [6.07, 6.45) is 1.43. The minimum Gasteiger partial charge on any atom is -0.479 e. The molecule has 102 valence electrons. The van der Waals surface area contributed by atoms with Crippen LogP contribution in [0.2, 0.25) is 0 Å². The molecule has 0 radical (unpaired) electrons. The highest BCUT2D eigenvalue weighted by atomic mass is 16.4. The highest BCUT2D eigenvalue weighted by Gasteiger charge is 2.22. The molecule has 0 bridgehead atoms. The van der Waals surface area contributed by atoms with Gasteiger partial charge in [-0.1, -0.05) is 30.3 Å². The van der Waals surface area contributed by atoms with E-state index in [4.69, 9.17) is 0 Å². The van der Waals surface area contributed by atoms with Gasteiger partial charge in [-0.3, -0.25) is 9.78 Å². The third-order valence-electron chi connectivity index (χ3n) is 2.83. The van der Waals surface area contributed by atoms with E-state index < -0.39 is 17.9 Å². The topological polar surface area (TPSA) is 79.3 Å². The lowest BCUT2D eigenvalue weighted by Gasteiger charge is -2.14. The number of hydrogen-bond donors (Lipinski definition) is 2. The molecule has 5 nitrogen and oxygen atoms in total. The lowest BCUT2D eigenvalue weighted by molar-refractivity contribution is -0.139. The summed E-state index contributed by atoms with van der Waals surface area (Å²) in [5.74, 6) is -1.57. The number of nitrogens with zero attached hydrogens (tertiary/aromatic N) is 1. The first-order valence-electron chi connectivity index (χ1n) is 6.09. The van der Waals surface area contributed by atoms with Crippen molar-refractivity contribution in [3.63, 3.8) is 0 Å². The van der Waals surface area contributed by atoms with Gasteiger partial charge in [-0.2, -0.15) is 0 Å². The molecule has 0 spiro atoms. The van der Waals surface area contributed by atoms with Gasteiger partial charge < -0.3 is 10.4 Å². The standard InChI is InChI=1S/C15H14N2O3/c1-10-7-8-12(9-16-10)14(18)17-13(15(19)20)11-5-3-2-4-6-11/h2-9,13H,1H3,(H,17,18)(H,19,20). The van der Waals surface area contributed by atoms with Crippen molar-refractivity contribution in [2.75, 3.05) is 0 Å². The molecule has 1 atom stereocenters. The molecule has 0 saturated carbocycles. The zero-order valence-corrected chi connectivity index (χ0v) is 10.9. The average molecular weight is 270 g/mol. The molecule has 2 aromatic rings. The van der Waals surface area contributed by atoms with Crippen LogP contribution in [0.5, 0.6) is 0 Å². The van der Waals surface area contributed by atoms with E-state index in [9.17, 15) is 14.7 Å². The first-order chi connectivity index (χ1) is 9.58. The highest BCUT2D eigenvalue weighted by Crippen LogP contribution is 2.13. The van der Waals surface area contributed by atoms with Crippen LogP contribution in [-0.4, -0.2) is 22.0 Å². The van der Waals surface area contributed by atoms with Gasteiger partial charge in [0.15, 0.2) is 6.04 Å². The second kappa shape index (κ2) is 5.97. The van der Waals surface area contributed by atoms with E-state index in [1.165, 1.54) is 6.20 Å². The van der Waals surface area contributed by atoms with Crippen LogP contribution in [-0.2, 0) is 4.79 Å². The van der Waals surface area contributed by atoms with Crippen molar-refractivity contribution in [1.29, 1.82) is 0 Å². The summed E-state index contributed by atoms with van der Waals surface area (Å²) < 4.78 is 0. The number of amides is 1. The molecule has 0 saturated heterocycles. The van der Waals surface area contributed by atoms with Crippen LogP contribution in [0.4, 0.5) is 0 Å². The number of carboxylic acid groups (broad SMARTS) is 1. The third-order valence-corrected chi connectivity index (χ3v) is 2.83.